The van der Waals surface area contributed by atoms with E-state index in [2.05, 4.69) is 5.32 Å². The van der Waals surface area contributed by atoms with E-state index >= 15 is 0 Å². The number of nitrogens with zero attached hydrogens (tertiary/aromatic N) is 1. The van der Waals surface area contributed by atoms with Gasteiger partial charge >= 0.3 is 0 Å². The Hall–Kier alpha value is -1.82. The topological polar surface area (TPSA) is 71.8 Å². The fraction of sp³-hybridized carbons (Fsp3) is 0.500. The van der Waals surface area contributed by atoms with Crippen molar-refractivity contribution in [2.45, 2.75) is 13.0 Å². The summed E-state index contributed by atoms with van der Waals surface area (Å²) >= 11 is 0. The van der Waals surface area contributed by atoms with E-state index in [9.17, 15) is 9.59 Å². The van der Waals surface area contributed by atoms with Crippen molar-refractivity contribution >= 4 is 11.8 Å². The van der Waals surface area contributed by atoms with Crippen LogP contribution in [-0.2, 0) is 16.1 Å². The Morgan fingerprint density at radius 1 is 1.39 bits per heavy atom. The first-order chi connectivity index (χ1) is 8.54. The van der Waals surface area contributed by atoms with Crippen LogP contribution in [0.25, 0.3) is 0 Å². The molecular weight excluding hydrogens is 236 g/mol. The summed E-state index contributed by atoms with van der Waals surface area (Å²) in [6.07, 6.45) is 0.268. The van der Waals surface area contributed by atoms with Crippen molar-refractivity contribution in [3.8, 4) is 0 Å². The van der Waals surface area contributed by atoms with Crippen LogP contribution >= 0.6 is 0 Å². The summed E-state index contributed by atoms with van der Waals surface area (Å²) in [6.45, 7) is 0.614. The molecule has 0 aliphatic heterocycles. The zero-order valence-electron chi connectivity index (χ0n) is 10.9. The molecule has 0 atom stereocenters. The molecule has 6 heteroatoms. The lowest BCUT2D eigenvalue weighted by Gasteiger charge is -2.09. The molecule has 1 rings (SSSR count). The molecule has 0 aromatic carbocycles. The maximum absolute atomic E-state index is 11.6. The van der Waals surface area contributed by atoms with Crippen LogP contribution in [0.15, 0.2) is 16.5 Å². The highest BCUT2D eigenvalue weighted by Crippen LogP contribution is 2.08. The van der Waals surface area contributed by atoms with Crippen molar-refractivity contribution in [1.29, 1.82) is 0 Å². The fourth-order valence-electron chi connectivity index (χ4n) is 1.31. The van der Waals surface area contributed by atoms with Gasteiger partial charge < -0.3 is 19.4 Å². The van der Waals surface area contributed by atoms with E-state index in [-0.39, 0.29) is 30.5 Å². The molecule has 0 saturated carbocycles. The number of carbonyl (C=O) groups is 2. The van der Waals surface area contributed by atoms with Gasteiger partial charge in [0.25, 0.3) is 5.91 Å². The number of carbonyl (C=O) groups excluding carboxylic acids is 2. The van der Waals surface area contributed by atoms with Crippen molar-refractivity contribution < 1.29 is 18.7 Å². The molecule has 1 aromatic heterocycles. The summed E-state index contributed by atoms with van der Waals surface area (Å²) in [4.78, 5) is 24.4. The van der Waals surface area contributed by atoms with Crippen LogP contribution in [-0.4, -0.2) is 44.5 Å². The predicted octanol–water partition coefficient (Wildman–Crippen LogP) is 0.634. The molecule has 0 fully saturated rings. The summed E-state index contributed by atoms with van der Waals surface area (Å²) in [5.41, 5.74) is 0. The molecule has 0 aliphatic carbocycles. The van der Waals surface area contributed by atoms with Crippen molar-refractivity contribution in [3.05, 3.63) is 23.7 Å². The predicted molar refractivity (Wildman–Crippen MR) is 65.1 cm³/mol. The minimum atomic E-state index is -0.330. The zero-order valence-corrected chi connectivity index (χ0v) is 10.9. The first-order valence-corrected chi connectivity index (χ1v) is 5.60. The van der Waals surface area contributed by atoms with Crippen molar-refractivity contribution in [1.82, 2.24) is 10.2 Å². The first-order valence-electron chi connectivity index (χ1n) is 5.60. The highest BCUT2D eigenvalue weighted by molar-refractivity contribution is 5.91. The quantitative estimate of drug-likeness (QED) is 0.808. The second-order valence-electron chi connectivity index (χ2n) is 3.99. The van der Waals surface area contributed by atoms with Crippen LogP contribution < -0.4 is 5.32 Å². The van der Waals surface area contributed by atoms with E-state index in [0.717, 1.165) is 0 Å². The molecule has 0 saturated heterocycles. The van der Waals surface area contributed by atoms with Gasteiger partial charge in [0, 0.05) is 34.2 Å². The number of amides is 2. The Balaban J connectivity index is 2.38. The van der Waals surface area contributed by atoms with E-state index in [1.54, 1.807) is 33.3 Å². The van der Waals surface area contributed by atoms with Crippen LogP contribution in [0.3, 0.4) is 0 Å². The van der Waals surface area contributed by atoms with Gasteiger partial charge in [-0.1, -0.05) is 0 Å². The lowest BCUT2D eigenvalue weighted by Crippen LogP contribution is -2.29. The van der Waals surface area contributed by atoms with Gasteiger partial charge in [-0.3, -0.25) is 9.59 Å². The normalized spacial score (nSPS) is 10.2. The van der Waals surface area contributed by atoms with Gasteiger partial charge in [0.05, 0.1) is 0 Å². The molecule has 6 nitrogen and oxygen atoms in total. The van der Waals surface area contributed by atoms with Gasteiger partial charge in [0.2, 0.25) is 5.91 Å². The average Bonchev–Trinajstić information content (AvgIpc) is 2.77. The maximum atomic E-state index is 11.6. The van der Waals surface area contributed by atoms with Gasteiger partial charge in [-0.25, -0.2) is 0 Å². The van der Waals surface area contributed by atoms with Crippen molar-refractivity contribution in [2.24, 2.45) is 0 Å². The Morgan fingerprint density at radius 2 is 2.11 bits per heavy atom. The number of methoxy groups -OCH3 is 1. The van der Waals surface area contributed by atoms with Crippen LogP contribution in [0.1, 0.15) is 22.7 Å². The Labute approximate surface area is 106 Å². The summed E-state index contributed by atoms with van der Waals surface area (Å²) in [5.74, 6) is 0.449. The number of nitrogens with one attached hydrogen (secondary N) is 1. The van der Waals surface area contributed by atoms with E-state index in [1.807, 2.05) is 0 Å². The van der Waals surface area contributed by atoms with Crippen LogP contribution in [0.2, 0.25) is 0 Å². The molecule has 0 bridgehead atoms. The third-order valence-corrected chi connectivity index (χ3v) is 2.30. The Kier molecular flexibility index (Phi) is 5.38. The average molecular weight is 254 g/mol. The molecule has 1 N–H and O–H groups in total. The SMILES string of the molecule is COCc1ccc(C(=O)NCCC(=O)N(C)C)o1. The van der Waals surface area contributed by atoms with E-state index in [1.165, 1.54) is 4.90 Å². The molecule has 0 radical (unpaired) electrons. The maximum Gasteiger partial charge on any atom is 0.287 e. The van der Waals surface area contributed by atoms with Crippen LogP contribution in [0, 0.1) is 0 Å². The molecule has 100 valence electrons. The zero-order chi connectivity index (χ0) is 13.5. The number of hydrogen-bond donors (Lipinski definition) is 1. The summed E-state index contributed by atoms with van der Waals surface area (Å²) < 4.78 is 10.1. The number of rotatable bonds is 6. The van der Waals surface area contributed by atoms with E-state index < -0.39 is 0 Å². The second kappa shape index (κ2) is 6.80. The Bertz CT molecular complexity index is 412. The largest absolute Gasteiger partial charge is 0.453 e. The van der Waals surface area contributed by atoms with Crippen molar-refractivity contribution in [2.75, 3.05) is 27.7 Å². The second-order valence-corrected chi connectivity index (χ2v) is 3.99. The molecule has 0 aliphatic rings. The van der Waals surface area contributed by atoms with Gasteiger partial charge in [-0.2, -0.15) is 0 Å². The molecule has 18 heavy (non-hydrogen) atoms. The standard InChI is InChI=1S/C12H18N2O4/c1-14(2)11(15)6-7-13-12(16)10-5-4-9(18-10)8-17-3/h4-5H,6-8H2,1-3H3,(H,13,16). The molecule has 1 heterocycles. The molecule has 0 spiro atoms. The molecule has 0 unspecified atom stereocenters. The van der Waals surface area contributed by atoms with E-state index in [4.69, 9.17) is 9.15 Å². The molecular formula is C12H18N2O4. The highest BCUT2D eigenvalue weighted by Gasteiger charge is 2.11. The number of ether oxygens (including phenoxy) is 1. The van der Waals surface area contributed by atoms with Crippen molar-refractivity contribution in [3.63, 3.8) is 0 Å². The third-order valence-electron chi connectivity index (χ3n) is 2.30. The first kappa shape index (κ1) is 14.2. The third kappa shape index (κ3) is 4.21. The monoisotopic (exact) mass is 254 g/mol. The van der Waals surface area contributed by atoms with Gasteiger partial charge in [-0.15, -0.1) is 0 Å². The lowest BCUT2D eigenvalue weighted by molar-refractivity contribution is -0.128. The van der Waals surface area contributed by atoms with Gasteiger partial charge in [0.1, 0.15) is 12.4 Å². The summed E-state index contributed by atoms with van der Waals surface area (Å²) in [5, 5.41) is 2.62. The van der Waals surface area contributed by atoms with Gasteiger partial charge in [-0.05, 0) is 12.1 Å². The number of furan rings is 1. The molecule has 2 amide bonds. The fourth-order valence-corrected chi connectivity index (χ4v) is 1.31. The Morgan fingerprint density at radius 3 is 2.72 bits per heavy atom. The van der Waals surface area contributed by atoms with Crippen LogP contribution in [0.5, 0.6) is 0 Å². The van der Waals surface area contributed by atoms with Crippen LogP contribution in [0.4, 0.5) is 0 Å². The summed E-state index contributed by atoms with van der Waals surface area (Å²) in [6, 6.07) is 3.26. The summed E-state index contributed by atoms with van der Waals surface area (Å²) in [7, 11) is 4.90. The smallest absolute Gasteiger partial charge is 0.287 e. The van der Waals surface area contributed by atoms with Gasteiger partial charge in [0.15, 0.2) is 5.76 Å². The van der Waals surface area contributed by atoms with E-state index in [0.29, 0.717) is 12.4 Å². The minimum absolute atomic E-state index is 0.0326. The minimum Gasteiger partial charge on any atom is -0.453 e. The molecule has 1 aromatic rings. The number of hydrogen-bond acceptors (Lipinski definition) is 4. The highest BCUT2D eigenvalue weighted by atomic mass is 16.5. The lowest BCUT2D eigenvalue weighted by atomic mass is 10.3.